The second-order valence-corrected chi connectivity index (χ2v) is 2.94. The van der Waals surface area contributed by atoms with Crippen LogP contribution in [0.1, 0.15) is 10.4 Å². The average molecular weight is 192 g/mol. The van der Waals surface area contributed by atoms with Crippen molar-refractivity contribution in [2.45, 2.75) is 0 Å². The fourth-order valence-electron chi connectivity index (χ4n) is 1.44. The molecule has 1 aromatic heterocycles. The van der Waals surface area contributed by atoms with Gasteiger partial charge in [0.15, 0.2) is 0 Å². The Morgan fingerprint density at radius 2 is 2.21 bits per heavy atom. The molecule has 0 saturated heterocycles. The van der Waals surface area contributed by atoms with Crippen LogP contribution in [0.15, 0.2) is 24.4 Å². The molecule has 4 heteroatoms. The van der Waals surface area contributed by atoms with E-state index in [0.717, 1.165) is 0 Å². The molecule has 72 valence electrons. The summed E-state index contributed by atoms with van der Waals surface area (Å²) < 4.78 is 13.2. The van der Waals surface area contributed by atoms with Crippen molar-refractivity contribution in [2.24, 2.45) is 0 Å². The van der Waals surface area contributed by atoms with Crippen molar-refractivity contribution in [2.75, 3.05) is 7.05 Å². The molecule has 0 unspecified atom stereocenters. The van der Waals surface area contributed by atoms with E-state index in [1.807, 2.05) is 0 Å². The fraction of sp³-hybridized carbons (Fsp3) is 0.100. The van der Waals surface area contributed by atoms with E-state index in [2.05, 4.69) is 10.3 Å². The minimum atomic E-state index is -0.325. The highest BCUT2D eigenvalue weighted by molar-refractivity contribution is 6.05. The van der Waals surface area contributed by atoms with Crippen molar-refractivity contribution in [1.29, 1.82) is 0 Å². The van der Waals surface area contributed by atoms with Crippen LogP contribution in [-0.2, 0) is 0 Å². The number of aromatic nitrogens is 1. The van der Waals surface area contributed by atoms with Gasteiger partial charge in [-0.3, -0.25) is 4.79 Å². The minimum Gasteiger partial charge on any atom is -0.360 e. The molecule has 3 nitrogen and oxygen atoms in total. The summed E-state index contributed by atoms with van der Waals surface area (Å²) in [4.78, 5) is 14.2. The Morgan fingerprint density at radius 1 is 1.43 bits per heavy atom. The van der Waals surface area contributed by atoms with Gasteiger partial charge in [0, 0.05) is 18.6 Å². The molecule has 1 amide bonds. The number of H-pyrrole nitrogens is 1. The van der Waals surface area contributed by atoms with Crippen LogP contribution >= 0.6 is 0 Å². The van der Waals surface area contributed by atoms with Gasteiger partial charge in [0.05, 0.1) is 11.1 Å². The van der Waals surface area contributed by atoms with Crippen LogP contribution in [-0.4, -0.2) is 17.9 Å². The van der Waals surface area contributed by atoms with Gasteiger partial charge in [0.1, 0.15) is 5.82 Å². The second kappa shape index (κ2) is 3.14. The molecule has 1 heterocycles. The number of rotatable bonds is 1. The van der Waals surface area contributed by atoms with E-state index in [1.54, 1.807) is 19.3 Å². The van der Waals surface area contributed by atoms with Gasteiger partial charge in [-0.15, -0.1) is 0 Å². The number of carbonyl (C=O) groups is 1. The molecule has 0 radical (unpaired) electrons. The van der Waals surface area contributed by atoms with Gasteiger partial charge in [-0.2, -0.15) is 0 Å². The van der Waals surface area contributed by atoms with E-state index in [-0.39, 0.29) is 11.7 Å². The summed E-state index contributed by atoms with van der Waals surface area (Å²) in [5.74, 6) is -0.550. The Bertz CT molecular complexity index is 490. The number of aromatic amines is 1. The van der Waals surface area contributed by atoms with Gasteiger partial charge in [-0.05, 0) is 18.2 Å². The number of fused-ring (bicyclic) bond motifs is 1. The average Bonchev–Trinajstić information content (AvgIpc) is 2.67. The monoisotopic (exact) mass is 192 g/mol. The summed E-state index contributed by atoms with van der Waals surface area (Å²) in [6.45, 7) is 0. The zero-order chi connectivity index (χ0) is 10.1. The number of amides is 1. The van der Waals surface area contributed by atoms with Crippen LogP contribution in [0.3, 0.4) is 0 Å². The van der Waals surface area contributed by atoms with E-state index in [0.29, 0.717) is 16.5 Å². The van der Waals surface area contributed by atoms with Crippen LogP contribution in [0.5, 0.6) is 0 Å². The summed E-state index contributed by atoms with van der Waals surface area (Å²) >= 11 is 0. The number of hydrogen-bond donors (Lipinski definition) is 2. The second-order valence-electron chi connectivity index (χ2n) is 2.94. The van der Waals surface area contributed by atoms with E-state index in [4.69, 9.17) is 0 Å². The molecule has 0 aliphatic carbocycles. The Kier molecular flexibility index (Phi) is 1.96. The zero-order valence-corrected chi connectivity index (χ0v) is 7.60. The van der Waals surface area contributed by atoms with E-state index in [9.17, 15) is 9.18 Å². The molecular weight excluding hydrogens is 183 g/mol. The van der Waals surface area contributed by atoms with E-state index < -0.39 is 0 Å². The Hall–Kier alpha value is -1.84. The molecule has 0 bridgehead atoms. The summed E-state index contributed by atoms with van der Waals surface area (Å²) in [5.41, 5.74) is 0.984. The van der Waals surface area contributed by atoms with Gasteiger partial charge in [0.25, 0.3) is 5.91 Å². The first-order chi connectivity index (χ1) is 6.74. The van der Waals surface area contributed by atoms with Crippen molar-refractivity contribution in [3.8, 4) is 0 Å². The Morgan fingerprint density at radius 3 is 2.93 bits per heavy atom. The lowest BCUT2D eigenvalue weighted by Crippen LogP contribution is -2.18. The van der Waals surface area contributed by atoms with Crippen LogP contribution in [0.2, 0.25) is 0 Å². The largest absolute Gasteiger partial charge is 0.360 e. The van der Waals surface area contributed by atoms with Crippen LogP contribution in [0, 0.1) is 5.82 Å². The predicted octanol–water partition coefficient (Wildman–Crippen LogP) is 1.67. The first kappa shape index (κ1) is 8.74. The highest BCUT2D eigenvalue weighted by Gasteiger charge is 2.11. The smallest absolute Gasteiger partial charge is 0.253 e. The molecule has 2 aromatic rings. The third-order valence-corrected chi connectivity index (χ3v) is 2.14. The molecule has 2 N–H and O–H groups in total. The first-order valence-electron chi connectivity index (χ1n) is 4.21. The van der Waals surface area contributed by atoms with Crippen molar-refractivity contribution >= 4 is 16.8 Å². The van der Waals surface area contributed by atoms with Crippen molar-refractivity contribution in [3.63, 3.8) is 0 Å². The van der Waals surface area contributed by atoms with E-state index >= 15 is 0 Å². The quantitative estimate of drug-likeness (QED) is 0.709. The SMILES string of the molecule is CNC(=O)c1ccc(F)c2cc[nH]c12. The van der Waals surface area contributed by atoms with Crippen LogP contribution < -0.4 is 5.32 Å². The third-order valence-electron chi connectivity index (χ3n) is 2.14. The molecule has 14 heavy (non-hydrogen) atoms. The molecule has 0 saturated carbocycles. The maximum absolute atomic E-state index is 13.2. The Balaban J connectivity index is 2.72. The van der Waals surface area contributed by atoms with Crippen molar-refractivity contribution in [3.05, 3.63) is 35.8 Å². The highest BCUT2D eigenvalue weighted by Crippen LogP contribution is 2.20. The van der Waals surface area contributed by atoms with E-state index in [1.165, 1.54) is 12.1 Å². The van der Waals surface area contributed by atoms with Crippen LogP contribution in [0.25, 0.3) is 10.9 Å². The normalized spacial score (nSPS) is 10.4. The minimum absolute atomic E-state index is 0.225. The van der Waals surface area contributed by atoms with Gasteiger partial charge < -0.3 is 10.3 Å². The molecule has 0 aliphatic heterocycles. The number of halogens is 1. The lowest BCUT2D eigenvalue weighted by Gasteiger charge is -2.01. The molecule has 0 aliphatic rings. The predicted molar refractivity (Wildman–Crippen MR) is 51.6 cm³/mol. The van der Waals surface area contributed by atoms with Gasteiger partial charge in [-0.1, -0.05) is 0 Å². The van der Waals surface area contributed by atoms with Crippen LogP contribution in [0.4, 0.5) is 4.39 Å². The van der Waals surface area contributed by atoms with Gasteiger partial charge in [-0.25, -0.2) is 4.39 Å². The highest BCUT2D eigenvalue weighted by atomic mass is 19.1. The summed E-state index contributed by atoms with van der Waals surface area (Å²) in [6, 6.07) is 4.37. The topological polar surface area (TPSA) is 44.9 Å². The first-order valence-corrected chi connectivity index (χ1v) is 4.21. The molecule has 1 aromatic carbocycles. The van der Waals surface area contributed by atoms with Gasteiger partial charge >= 0.3 is 0 Å². The number of carbonyl (C=O) groups excluding carboxylic acids is 1. The molecule has 0 fully saturated rings. The van der Waals surface area contributed by atoms with Crippen molar-refractivity contribution < 1.29 is 9.18 Å². The summed E-state index contributed by atoms with van der Waals surface area (Å²) in [7, 11) is 1.54. The number of hydrogen-bond acceptors (Lipinski definition) is 1. The lowest BCUT2D eigenvalue weighted by molar-refractivity contribution is 0.0964. The molecule has 0 spiro atoms. The number of benzene rings is 1. The zero-order valence-electron chi connectivity index (χ0n) is 7.60. The standard InChI is InChI=1S/C10H9FN2O/c1-12-10(14)7-2-3-8(11)6-4-5-13-9(6)7/h2-5,13H,1H3,(H,12,14). The maximum Gasteiger partial charge on any atom is 0.253 e. The number of nitrogens with one attached hydrogen (secondary N) is 2. The Labute approximate surface area is 79.9 Å². The fourth-order valence-corrected chi connectivity index (χ4v) is 1.44. The molecular formula is C10H9FN2O. The summed E-state index contributed by atoms with van der Waals surface area (Å²) in [6.07, 6.45) is 1.61. The molecule has 0 atom stereocenters. The van der Waals surface area contributed by atoms with Crippen molar-refractivity contribution in [1.82, 2.24) is 10.3 Å². The maximum atomic E-state index is 13.2. The van der Waals surface area contributed by atoms with Gasteiger partial charge in [0.2, 0.25) is 0 Å². The summed E-state index contributed by atoms with van der Waals surface area (Å²) in [5, 5.41) is 2.94. The molecule has 2 rings (SSSR count). The lowest BCUT2D eigenvalue weighted by atomic mass is 10.1. The third kappa shape index (κ3) is 1.16.